The van der Waals surface area contributed by atoms with Crippen LogP contribution in [0.2, 0.25) is 0 Å². The number of hydrogen-bond acceptors (Lipinski definition) is 4. The van der Waals surface area contributed by atoms with Gasteiger partial charge in [-0.05, 0) is 19.3 Å². The van der Waals surface area contributed by atoms with Crippen LogP contribution in [0.4, 0.5) is 20.2 Å². The van der Waals surface area contributed by atoms with Crippen LogP contribution in [-0.4, -0.2) is 24.2 Å². The predicted molar refractivity (Wildman–Crippen MR) is 65.1 cm³/mol. The molecule has 1 aliphatic rings. The van der Waals surface area contributed by atoms with E-state index in [1.165, 1.54) is 0 Å². The maximum atomic E-state index is 13.7. The Morgan fingerprint density at radius 1 is 1.37 bits per heavy atom. The molecule has 2 rings (SSSR count). The van der Waals surface area contributed by atoms with Gasteiger partial charge in [0.25, 0.3) is 5.69 Å². The molecule has 0 radical (unpaired) electrons. The number of halogens is 2. The van der Waals surface area contributed by atoms with Gasteiger partial charge in [0.15, 0.2) is 11.6 Å². The lowest BCUT2D eigenvalue weighted by molar-refractivity contribution is -0.385. The molecule has 0 bridgehead atoms. The van der Waals surface area contributed by atoms with Gasteiger partial charge in [0.05, 0.1) is 29.2 Å². The fraction of sp³-hybridized carbons (Fsp3) is 0.500. The highest BCUT2D eigenvalue weighted by Gasteiger charge is 2.29. The monoisotopic (exact) mass is 272 g/mol. The number of rotatable bonds is 4. The summed E-state index contributed by atoms with van der Waals surface area (Å²) in [5, 5.41) is 13.2. The fourth-order valence-corrected chi connectivity index (χ4v) is 2.36. The summed E-state index contributed by atoms with van der Waals surface area (Å²) in [5.41, 5.74) is -0.935. The Hall–Kier alpha value is -1.76. The second-order valence-corrected chi connectivity index (χ2v) is 4.50. The van der Waals surface area contributed by atoms with Gasteiger partial charge in [-0.15, -0.1) is 0 Å². The van der Waals surface area contributed by atoms with Gasteiger partial charge >= 0.3 is 0 Å². The number of anilines is 1. The molecule has 0 amide bonds. The van der Waals surface area contributed by atoms with Gasteiger partial charge < -0.3 is 10.1 Å². The Balaban J connectivity index is 2.23. The lowest BCUT2D eigenvalue weighted by Crippen LogP contribution is -2.30. The first-order valence-electron chi connectivity index (χ1n) is 5.95. The van der Waals surface area contributed by atoms with Crippen LogP contribution >= 0.6 is 0 Å². The van der Waals surface area contributed by atoms with Crippen LogP contribution in [0.25, 0.3) is 0 Å². The van der Waals surface area contributed by atoms with Crippen molar-refractivity contribution in [3.63, 3.8) is 0 Å². The number of benzene rings is 1. The molecule has 0 aliphatic heterocycles. The zero-order chi connectivity index (χ0) is 14.0. The van der Waals surface area contributed by atoms with Crippen molar-refractivity contribution in [2.45, 2.75) is 31.4 Å². The van der Waals surface area contributed by atoms with Crippen LogP contribution in [0, 0.1) is 21.7 Å². The lowest BCUT2D eigenvalue weighted by Gasteiger charge is -2.21. The minimum absolute atomic E-state index is 0.103. The van der Waals surface area contributed by atoms with Gasteiger partial charge in [0.1, 0.15) is 5.69 Å². The van der Waals surface area contributed by atoms with Crippen LogP contribution < -0.4 is 5.32 Å². The van der Waals surface area contributed by atoms with Crippen molar-refractivity contribution in [2.24, 2.45) is 0 Å². The maximum Gasteiger partial charge on any atom is 0.275 e. The molecular formula is C12H14F2N2O3. The molecule has 1 fully saturated rings. The number of ether oxygens (including phenoxy) is 1. The third-order valence-corrected chi connectivity index (χ3v) is 3.32. The van der Waals surface area contributed by atoms with Crippen LogP contribution in [0.3, 0.4) is 0 Å². The first-order valence-corrected chi connectivity index (χ1v) is 5.95. The summed E-state index contributed by atoms with van der Waals surface area (Å²) in [7, 11) is 1.55. The van der Waals surface area contributed by atoms with Gasteiger partial charge in [0.2, 0.25) is 0 Å². The largest absolute Gasteiger partial charge is 0.379 e. The number of methoxy groups -OCH3 is 1. The SMILES string of the molecule is COC1CCCC1Nc1c(F)cc([N+](=O)[O-])cc1F. The van der Waals surface area contributed by atoms with Crippen molar-refractivity contribution in [3.8, 4) is 0 Å². The van der Waals surface area contributed by atoms with Gasteiger partial charge in [-0.1, -0.05) is 0 Å². The van der Waals surface area contributed by atoms with E-state index in [0.717, 1.165) is 19.3 Å². The summed E-state index contributed by atoms with van der Waals surface area (Å²) >= 11 is 0. The van der Waals surface area contributed by atoms with Crippen molar-refractivity contribution in [1.29, 1.82) is 0 Å². The topological polar surface area (TPSA) is 64.4 Å². The predicted octanol–water partition coefficient (Wildman–Crippen LogP) is 2.85. The second-order valence-electron chi connectivity index (χ2n) is 4.50. The molecule has 7 heteroatoms. The first kappa shape index (κ1) is 13.7. The molecule has 0 aromatic heterocycles. The van der Waals surface area contributed by atoms with Gasteiger partial charge in [-0.25, -0.2) is 8.78 Å². The number of non-ortho nitro benzene ring substituents is 1. The van der Waals surface area contributed by atoms with Crippen molar-refractivity contribution in [2.75, 3.05) is 12.4 Å². The van der Waals surface area contributed by atoms with E-state index < -0.39 is 22.2 Å². The number of nitrogens with one attached hydrogen (secondary N) is 1. The standard InChI is InChI=1S/C12H14F2N2O3/c1-19-11-4-2-3-10(11)15-12-8(13)5-7(16(17)18)6-9(12)14/h5-6,10-11,15H,2-4H2,1H3. The number of nitro groups is 1. The number of hydrogen-bond donors (Lipinski definition) is 1. The minimum Gasteiger partial charge on any atom is -0.379 e. The molecule has 2 atom stereocenters. The quantitative estimate of drug-likeness (QED) is 0.676. The number of nitro benzene ring substituents is 1. The Labute approximate surface area is 108 Å². The van der Waals surface area contributed by atoms with Crippen molar-refractivity contribution in [3.05, 3.63) is 33.9 Å². The summed E-state index contributed by atoms with van der Waals surface area (Å²) < 4.78 is 32.6. The molecule has 0 heterocycles. The molecule has 1 aromatic carbocycles. The Kier molecular flexibility index (Phi) is 3.94. The van der Waals surface area contributed by atoms with Crippen molar-refractivity contribution in [1.82, 2.24) is 0 Å². The van der Waals surface area contributed by atoms with Crippen LogP contribution in [0.15, 0.2) is 12.1 Å². The van der Waals surface area contributed by atoms with Crippen LogP contribution in [0.1, 0.15) is 19.3 Å². The first-order chi connectivity index (χ1) is 9.02. The van der Waals surface area contributed by atoms with E-state index in [0.29, 0.717) is 12.1 Å². The van der Waals surface area contributed by atoms with Gasteiger partial charge in [0, 0.05) is 7.11 Å². The molecular weight excluding hydrogens is 258 g/mol. The third-order valence-electron chi connectivity index (χ3n) is 3.32. The Morgan fingerprint density at radius 2 is 2.00 bits per heavy atom. The van der Waals surface area contributed by atoms with Crippen LogP contribution in [-0.2, 0) is 4.74 Å². The highest BCUT2D eigenvalue weighted by molar-refractivity contribution is 5.52. The summed E-state index contributed by atoms with van der Waals surface area (Å²) in [4.78, 5) is 9.66. The molecule has 5 nitrogen and oxygen atoms in total. The van der Waals surface area contributed by atoms with Crippen molar-refractivity contribution >= 4 is 11.4 Å². The summed E-state index contributed by atoms with van der Waals surface area (Å²) in [5.74, 6) is -1.93. The fourth-order valence-electron chi connectivity index (χ4n) is 2.36. The highest BCUT2D eigenvalue weighted by atomic mass is 19.1. The zero-order valence-corrected chi connectivity index (χ0v) is 10.4. The van der Waals surface area contributed by atoms with E-state index in [2.05, 4.69) is 5.32 Å². The van der Waals surface area contributed by atoms with E-state index in [9.17, 15) is 18.9 Å². The third kappa shape index (κ3) is 2.81. The minimum atomic E-state index is -0.964. The Bertz CT molecular complexity index is 473. The molecule has 1 aromatic rings. The molecule has 1 aliphatic carbocycles. The van der Waals surface area contributed by atoms with Crippen molar-refractivity contribution < 1.29 is 18.4 Å². The molecule has 0 spiro atoms. The van der Waals surface area contributed by atoms with Gasteiger partial charge in [-0.2, -0.15) is 0 Å². The molecule has 1 saturated carbocycles. The second kappa shape index (κ2) is 5.48. The molecule has 2 unspecified atom stereocenters. The summed E-state index contributed by atoms with van der Waals surface area (Å²) in [6, 6.07) is 1.24. The zero-order valence-electron chi connectivity index (χ0n) is 10.4. The van der Waals surface area contributed by atoms with E-state index >= 15 is 0 Å². The summed E-state index contributed by atoms with van der Waals surface area (Å²) in [6.07, 6.45) is 2.37. The normalized spacial score (nSPS) is 22.5. The van der Waals surface area contributed by atoms with Crippen LogP contribution in [0.5, 0.6) is 0 Å². The van der Waals surface area contributed by atoms with E-state index in [-0.39, 0.29) is 17.8 Å². The maximum absolute atomic E-state index is 13.7. The average Bonchev–Trinajstić information content (AvgIpc) is 2.80. The highest BCUT2D eigenvalue weighted by Crippen LogP contribution is 2.30. The summed E-state index contributed by atoms with van der Waals surface area (Å²) in [6.45, 7) is 0. The molecule has 0 saturated heterocycles. The molecule has 104 valence electrons. The van der Waals surface area contributed by atoms with E-state index in [1.54, 1.807) is 7.11 Å². The van der Waals surface area contributed by atoms with E-state index in [4.69, 9.17) is 4.74 Å². The number of nitrogens with zero attached hydrogens (tertiary/aromatic N) is 1. The lowest BCUT2D eigenvalue weighted by atomic mass is 10.2. The van der Waals surface area contributed by atoms with Gasteiger partial charge in [-0.3, -0.25) is 10.1 Å². The van der Waals surface area contributed by atoms with E-state index in [1.807, 2.05) is 0 Å². The smallest absolute Gasteiger partial charge is 0.275 e. The Morgan fingerprint density at radius 3 is 2.53 bits per heavy atom. The average molecular weight is 272 g/mol. The molecule has 19 heavy (non-hydrogen) atoms. The molecule has 1 N–H and O–H groups in total.